The van der Waals surface area contributed by atoms with Crippen LogP contribution in [0.3, 0.4) is 0 Å². The molecule has 0 bridgehead atoms. The van der Waals surface area contributed by atoms with Crippen molar-refractivity contribution < 1.29 is 13.7 Å². The molecule has 1 aromatic rings. The number of nitrogens with one attached hydrogen (secondary N) is 1. The molecule has 0 amide bonds. The van der Waals surface area contributed by atoms with Crippen LogP contribution in [0.15, 0.2) is 24.3 Å². The Morgan fingerprint density at radius 2 is 2.06 bits per heavy atom. The quantitative estimate of drug-likeness (QED) is 0.657. The Balaban J connectivity index is 0.000000232. The third-order valence-electron chi connectivity index (χ3n) is 2.34. The number of anilines is 1. The summed E-state index contributed by atoms with van der Waals surface area (Å²) in [5.41, 5.74) is 2.39. The molecular weight excluding hydrogens is 250 g/mol. The summed E-state index contributed by atoms with van der Waals surface area (Å²) in [4.78, 5) is 10.2. The van der Waals surface area contributed by atoms with Gasteiger partial charge in [-0.3, -0.25) is 4.79 Å². The number of carbonyl (C=O) groups is 1. The number of rotatable bonds is 2. The Hall–Kier alpha value is -1.62. The van der Waals surface area contributed by atoms with Gasteiger partial charge in [-0.15, -0.1) is 0 Å². The van der Waals surface area contributed by atoms with Crippen molar-refractivity contribution in [3.63, 3.8) is 0 Å². The Morgan fingerprint density at radius 1 is 1.33 bits per heavy atom. The smallest absolute Gasteiger partial charge is 0.293 e. The Bertz CT molecular complexity index is 453. The van der Waals surface area contributed by atoms with E-state index < -0.39 is 0 Å². The Labute approximate surface area is 110 Å². The Kier molecular flexibility index (Phi) is 6.14. The van der Waals surface area contributed by atoms with Crippen molar-refractivity contribution in [2.75, 3.05) is 5.32 Å². The normalized spacial score (nSPS) is 12.7. The van der Waals surface area contributed by atoms with E-state index in [1.807, 2.05) is 18.2 Å². The zero-order chi connectivity index (χ0) is 13.4. The van der Waals surface area contributed by atoms with Crippen molar-refractivity contribution in [2.24, 2.45) is 0 Å². The summed E-state index contributed by atoms with van der Waals surface area (Å²) in [6.45, 7) is 4.05. The van der Waals surface area contributed by atoms with Crippen LogP contribution in [0.2, 0.25) is 0 Å². The monoisotopic (exact) mass is 267 g/mol. The number of benzene rings is 1. The maximum absolute atomic E-state index is 10.5. The summed E-state index contributed by atoms with van der Waals surface area (Å²) in [5.74, 6) is 0. The predicted molar refractivity (Wildman–Crippen MR) is 73.8 cm³/mol. The maximum atomic E-state index is 10.5. The molecule has 18 heavy (non-hydrogen) atoms. The van der Waals surface area contributed by atoms with Gasteiger partial charge in [-0.25, -0.2) is 4.21 Å². The molecule has 0 fully saturated rings. The highest BCUT2D eigenvalue weighted by Crippen LogP contribution is 2.21. The van der Waals surface area contributed by atoms with Gasteiger partial charge in [0.2, 0.25) is 0 Å². The van der Waals surface area contributed by atoms with Crippen LogP contribution >= 0.6 is 0 Å². The lowest BCUT2D eigenvalue weighted by atomic mass is 10.0. The van der Waals surface area contributed by atoms with Crippen molar-refractivity contribution in [3.05, 3.63) is 29.8 Å². The third-order valence-corrected chi connectivity index (χ3v) is 2.85. The maximum Gasteiger partial charge on any atom is 0.293 e. The van der Waals surface area contributed by atoms with Gasteiger partial charge < -0.3 is 10.1 Å². The molecule has 4 nitrogen and oxygen atoms in total. The van der Waals surface area contributed by atoms with Crippen molar-refractivity contribution >= 4 is 28.4 Å². The van der Waals surface area contributed by atoms with E-state index in [4.69, 9.17) is 0 Å². The first-order chi connectivity index (χ1) is 8.67. The van der Waals surface area contributed by atoms with Gasteiger partial charge in [0.05, 0.1) is 6.10 Å². The molecule has 0 radical (unpaired) electrons. The van der Waals surface area contributed by atoms with Gasteiger partial charge in [0.15, 0.2) is 0 Å². The topological polar surface area (TPSA) is 55.4 Å². The minimum Gasteiger partial charge on any atom is -0.465 e. The second kappa shape index (κ2) is 7.66. The molecule has 0 atom stereocenters. The lowest BCUT2D eigenvalue weighted by Crippen LogP contribution is -2.18. The molecule has 1 aliphatic heterocycles. The number of hydrogen-bond acceptors (Lipinski definition) is 3. The highest BCUT2D eigenvalue weighted by Gasteiger charge is 2.11. The molecule has 1 aliphatic rings. The molecule has 98 valence electrons. The second-order valence-corrected chi connectivity index (χ2v) is 4.73. The fourth-order valence-electron chi connectivity index (χ4n) is 1.49. The van der Waals surface area contributed by atoms with Gasteiger partial charge in [-0.2, -0.15) is 0 Å². The van der Waals surface area contributed by atoms with Gasteiger partial charge in [0.25, 0.3) is 6.47 Å². The number of aryl methyl sites for hydroxylation is 1. The molecule has 2 rings (SSSR count). The molecule has 1 N–H and O–H groups in total. The van der Waals surface area contributed by atoms with Gasteiger partial charge in [0.1, 0.15) is 16.2 Å². The zero-order valence-corrected chi connectivity index (χ0v) is 11.3. The van der Waals surface area contributed by atoms with E-state index >= 15 is 0 Å². The molecule has 0 aromatic heterocycles. The summed E-state index contributed by atoms with van der Waals surface area (Å²) >= 11 is 0.565. The summed E-state index contributed by atoms with van der Waals surface area (Å²) in [7, 11) is 0. The van der Waals surface area contributed by atoms with E-state index in [9.17, 15) is 9.00 Å². The van der Waals surface area contributed by atoms with Crippen LogP contribution in [0.4, 0.5) is 5.69 Å². The lowest BCUT2D eigenvalue weighted by molar-refractivity contribution is -0.131. The second-order valence-electron chi connectivity index (χ2n) is 4.07. The van der Waals surface area contributed by atoms with Gasteiger partial charge in [-0.1, -0.05) is 18.2 Å². The van der Waals surface area contributed by atoms with Crippen LogP contribution in [-0.4, -0.2) is 21.8 Å². The predicted octanol–water partition coefficient (Wildman–Crippen LogP) is 1.96. The zero-order valence-electron chi connectivity index (χ0n) is 10.5. The van der Waals surface area contributed by atoms with Crippen LogP contribution in [-0.2, 0) is 27.2 Å². The van der Waals surface area contributed by atoms with Gasteiger partial charge in [-0.05, 0) is 31.9 Å². The molecule has 0 unspecified atom stereocenters. The average Bonchev–Trinajstić information content (AvgIpc) is 2.38. The molecule has 5 heteroatoms. The molecule has 1 heterocycles. The van der Waals surface area contributed by atoms with Crippen LogP contribution < -0.4 is 5.32 Å². The van der Waals surface area contributed by atoms with E-state index in [1.165, 1.54) is 5.56 Å². The van der Waals surface area contributed by atoms with E-state index in [-0.39, 0.29) is 6.10 Å². The lowest BCUT2D eigenvalue weighted by Gasteiger charge is -2.17. The molecule has 0 saturated carbocycles. The minimum absolute atomic E-state index is 0.0301. The van der Waals surface area contributed by atoms with Crippen LogP contribution in [0.1, 0.15) is 25.8 Å². The Morgan fingerprint density at radius 3 is 2.61 bits per heavy atom. The first-order valence-corrected chi connectivity index (χ1v) is 6.51. The molecule has 1 aromatic carbocycles. The number of hydrogen-bond donors (Lipinski definition) is 1. The van der Waals surface area contributed by atoms with Crippen LogP contribution in [0.25, 0.3) is 0 Å². The van der Waals surface area contributed by atoms with E-state index in [1.54, 1.807) is 13.8 Å². The largest absolute Gasteiger partial charge is 0.465 e. The highest BCUT2D eigenvalue weighted by atomic mass is 32.1. The number of para-hydroxylation sites is 1. The number of fused-ring (bicyclic) bond motifs is 1. The molecular formula is C13H17NO3S. The van der Waals surface area contributed by atoms with Crippen molar-refractivity contribution in [1.82, 2.24) is 0 Å². The third kappa shape index (κ3) is 4.71. The van der Waals surface area contributed by atoms with Gasteiger partial charge >= 0.3 is 0 Å². The minimum atomic E-state index is 0.0301. The van der Waals surface area contributed by atoms with Crippen LogP contribution in [0, 0.1) is 0 Å². The summed E-state index contributed by atoms with van der Waals surface area (Å²) in [6, 6.07) is 8.10. The number of ether oxygens (including phenoxy) is 1. The first-order valence-electron chi connectivity index (χ1n) is 5.77. The van der Waals surface area contributed by atoms with Crippen molar-refractivity contribution in [1.29, 1.82) is 0 Å². The fourth-order valence-corrected chi connectivity index (χ4v) is 1.83. The van der Waals surface area contributed by atoms with Gasteiger partial charge in [0, 0.05) is 12.1 Å². The average molecular weight is 267 g/mol. The van der Waals surface area contributed by atoms with Crippen molar-refractivity contribution in [3.8, 4) is 0 Å². The van der Waals surface area contributed by atoms with E-state index in [0.717, 1.165) is 23.5 Å². The fraction of sp³-hybridized carbons (Fsp3) is 0.385. The first kappa shape index (κ1) is 14.4. The number of carbonyl (C=O) groups excluding carboxylic acids is 1. The molecule has 0 saturated heterocycles. The summed E-state index contributed by atoms with van der Waals surface area (Å²) < 4.78 is 14.9. The highest BCUT2D eigenvalue weighted by molar-refractivity contribution is 7.66. The standard InChI is InChI=1S/C9H9NOS.C4H8O2/c11-12-9-6-5-7-3-1-2-4-8(7)10-9;1-4(2)6-3-5/h1-4,10H,5-6H2;3-4H,1-2H3. The van der Waals surface area contributed by atoms with E-state index in [0.29, 0.717) is 17.7 Å². The summed E-state index contributed by atoms with van der Waals surface area (Å²) in [6.07, 6.45) is 1.86. The molecule has 0 aliphatic carbocycles. The van der Waals surface area contributed by atoms with E-state index in [2.05, 4.69) is 16.1 Å². The summed E-state index contributed by atoms with van der Waals surface area (Å²) in [5, 5.41) is 3.11. The SMILES string of the molecule is CC(C)OC=O.O=S=C1CCc2ccccc2N1. The van der Waals surface area contributed by atoms with Crippen LogP contribution in [0.5, 0.6) is 0 Å². The van der Waals surface area contributed by atoms with Crippen molar-refractivity contribution in [2.45, 2.75) is 32.8 Å². The molecule has 0 spiro atoms.